The summed E-state index contributed by atoms with van der Waals surface area (Å²) >= 11 is 0. The Morgan fingerprint density at radius 3 is 2.65 bits per heavy atom. The molecule has 0 spiro atoms. The molecule has 20 heavy (non-hydrogen) atoms. The molecule has 1 atom stereocenters. The average molecular weight is 299 g/mol. The van der Waals surface area contributed by atoms with Gasteiger partial charge in [-0.25, -0.2) is 13.4 Å². The van der Waals surface area contributed by atoms with Crippen LogP contribution in [0, 0.1) is 0 Å². The summed E-state index contributed by atoms with van der Waals surface area (Å²) in [6.45, 7) is 6.71. The van der Waals surface area contributed by atoms with Crippen molar-refractivity contribution in [1.82, 2.24) is 9.29 Å². The van der Waals surface area contributed by atoms with Crippen LogP contribution in [-0.2, 0) is 10.0 Å². The highest BCUT2D eigenvalue weighted by Gasteiger charge is 2.27. The fraction of sp³-hybridized carbons (Fsp3) is 0.643. The van der Waals surface area contributed by atoms with Gasteiger partial charge in [-0.3, -0.25) is 0 Å². The van der Waals surface area contributed by atoms with E-state index < -0.39 is 10.0 Å². The fourth-order valence-electron chi connectivity index (χ4n) is 1.97. The zero-order valence-electron chi connectivity index (χ0n) is 12.8. The van der Waals surface area contributed by atoms with Gasteiger partial charge in [0, 0.05) is 25.8 Å². The van der Waals surface area contributed by atoms with Crippen molar-refractivity contribution in [2.24, 2.45) is 0 Å². The highest BCUT2D eigenvalue weighted by Crippen LogP contribution is 2.23. The van der Waals surface area contributed by atoms with Crippen molar-refractivity contribution >= 4 is 15.8 Å². The van der Waals surface area contributed by atoms with Gasteiger partial charge in [0.1, 0.15) is 10.7 Å². The first kappa shape index (κ1) is 16.9. The molecule has 1 aromatic heterocycles. The van der Waals surface area contributed by atoms with Crippen molar-refractivity contribution in [3.05, 3.63) is 18.3 Å². The van der Waals surface area contributed by atoms with E-state index in [1.165, 1.54) is 4.31 Å². The second kappa shape index (κ2) is 7.59. The average Bonchev–Trinajstić information content (AvgIpc) is 2.44. The first-order valence-electron chi connectivity index (χ1n) is 7.12. The number of nitrogens with zero attached hydrogens (tertiary/aromatic N) is 2. The van der Waals surface area contributed by atoms with Crippen LogP contribution in [0.3, 0.4) is 0 Å². The number of sulfonamides is 1. The second-order valence-corrected chi connectivity index (χ2v) is 6.90. The van der Waals surface area contributed by atoms with E-state index >= 15 is 0 Å². The molecule has 0 aliphatic rings. The summed E-state index contributed by atoms with van der Waals surface area (Å²) in [7, 11) is -1.88. The summed E-state index contributed by atoms with van der Waals surface area (Å²) in [6.07, 6.45) is 4.31. The Morgan fingerprint density at radius 1 is 1.35 bits per heavy atom. The van der Waals surface area contributed by atoms with Gasteiger partial charge in [-0.2, -0.15) is 4.31 Å². The quantitative estimate of drug-likeness (QED) is 0.801. The molecule has 0 aliphatic carbocycles. The first-order chi connectivity index (χ1) is 9.45. The lowest BCUT2D eigenvalue weighted by Crippen LogP contribution is -2.35. The Labute approximate surface area is 122 Å². The topological polar surface area (TPSA) is 62.3 Å². The van der Waals surface area contributed by atoms with E-state index in [4.69, 9.17) is 0 Å². The van der Waals surface area contributed by atoms with E-state index in [0.717, 1.165) is 19.3 Å². The monoisotopic (exact) mass is 299 g/mol. The predicted molar refractivity (Wildman–Crippen MR) is 82.3 cm³/mol. The van der Waals surface area contributed by atoms with Crippen LogP contribution in [0.25, 0.3) is 0 Å². The lowest BCUT2D eigenvalue weighted by molar-refractivity contribution is 0.369. The highest BCUT2D eigenvalue weighted by molar-refractivity contribution is 7.89. The molecule has 1 heterocycles. The Kier molecular flexibility index (Phi) is 6.42. The van der Waals surface area contributed by atoms with Gasteiger partial charge in [0.15, 0.2) is 0 Å². The number of hydrogen-bond acceptors (Lipinski definition) is 4. The van der Waals surface area contributed by atoms with Crippen LogP contribution >= 0.6 is 0 Å². The molecule has 0 saturated heterocycles. The van der Waals surface area contributed by atoms with Gasteiger partial charge in [0.25, 0.3) is 0 Å². The van der Waals surface area contributed by atoms with Gasteiger partial charge in [0.05, 0.1) is 0 Å². The summed E-state index contributed by atoms with van der Waals surface area (Å²) in [5, 5.41) is 3.08. The number of hydrogen-bond donors (Lipinski definition) is 1. The highest BCUT2D eigenvalue weighted by atomic mass is 32.2. The van der Waals surface area contributed by atoms with Gasteiger partial charge >= 0.3 is 0 Å². The molecule has 1 rings (SSSR count). The number of anilines is 1. The maximum atomic E-state index is 12.7. The van der Waals surface area contributed by atoms with E-state index in [0.29, 0.717) is 12.4 Å². The van der Waals surface area contributed by atoms with Crippen molar-refractivity contribution in [3.63, 3.8) is 0 Å². The molecular weight excluding hydrogens is 274 g/mol. The number of nitrogens with one attached hydrogen (secondary N) is 1. The third-order valence-corrected chi connectivity index (χ3v) is 5.30. The molecule has 0 radical (unpaired) electrons. The van der Waals surface area contributed by atoms with Crippen LogP contribution in [0.2, 0.25) is 0 Å². The number of rotatable bonds is 8. The van der Waals surface area contributed by atoms with E-state index in [1.807, 2.05) is 13.8 Å². The van der Waals surface area contributed by atoms with Gasteiger partial charge in [-0.15, -0.1) is 0 Å². The SMILES string of the molecule is CCCNc1ncccc1S(=O)(=O)N(C)C(C)CCC. The smallest absolute Gasteiger partial charge is 0.246 e. The van der Waals surface area contributed by atoms with Crippen LogP contribution in [0.1, 0.15) is 40.0 Å². The Bertz CT molecular complexity index is 517. The standard InChI is InChI=1S/C14H25N3O2S/c1-5-8-12(3)17(4)20(18,19)13-9-7-11-16-14(13)15-10-6-2/h7,9,11-12H,5-6,8,10H2,1-4H3,(H,15,16). The van der Waals surface area contributed by atoms with Gasteiger partial charge < -0.3 is 5.32 Å². The van der Waals surface area contributed by atoms with Gasteiger partial charge in [0.2, 0.25) is 10.0 Å². The molecular formula is C14H25N3O2S. The Hall–Kier alpha value is -1.14. The van der Waals surface area contributed by atoms with E-state index in [-0.39, 0.29) is 10.9 Å². The molecule has 0 saturated carbocycles. The van der Waals surface area contributed by atoms with Gasteiger partial charge in [-0.1, -0.05) is 20.3 Å². The van der Waals surface area contributed by atoms with E-state index in [9.17, 15) is 8.42 Å². The Balaban J connectivity index is 3.08. The van der Waals surface area contributed by atoms with Crippen LogP contribution < -0.4 is 5.32 Å². The zero-order valence-corrected chi connectivity index (χ0v) is 13.6. The molecule has 0 aliphatic heterocycles. The zero-order chi connectivity index (χ0) is 15.2. The maximum absolute atomic E-state index is 12.7. The number of aromatic nitrogens is 1. The number of pyridine rings is 1. The summed E-state index contributed by atoms with van der Waals surface area (Å²) in [5.74, 6) is 0.435. The molecule has 0 fully saturated rings. The molecule has 5 nitrogen and oxygen atoms in total. The summed E-state index contributed by atoms with van der Waals surface area (Å²) in [6, 6.07) is 3.24. The predicted octanol–water partition coefficient (Wildman–Crippen LogP) is 2.71. The van der Waals surface area contributed by atoms with Crippen molar-refractivity contribution in [1.29, 1.82) is 0 Å². The molecule has 0 amide bonds. The lowest BCUT2D eigenvalue weighted by Gasteiger charge is -2.24. The second-order valence-electron chi connectivity index (χ2n) is 4.94. The van der Waals surface area contributed by atoms with Crippen LogP contribution in [0.15, 0.2) is 23.2 Å². The third kappa shape index (κ3) is 3.93. The van der Waals surface area contributed by atoms with Crippen molar-refractivity contribution in [2.45, 2.75) is 51.0 Å². The van der Waals surface area contributed by atoms with Gasteiger partial charge in [-0.05, 0) is 31.9 Å². The fourth-order valence-corrected chi connectivity index (χ4v) is 3.48. The van der Waals surface area contributed by atoms with Crippen molar-refractivity contribution in [2.75, 3.05) is 18.9 Å². The van der Waals surface area contributed by atoms with E-state index in [2.05, 4.69) is 17.2 Å². The minimum absolute atomic E-state index is 0.0239. The molecule has 114 valence electrons. The Morgan fingerprint density at radius 2 is 2.05 bits per heavy atom. The minimum Gasteiger partial charge on any atom is -0.369 e. The molecule has 1 aromatic rings. The first-order valence-corrected chi connectivity index (χ1v) is 8.56. The maximum Gasteiger partial charge on any atom is 0.246 e. The minimum atomic E-state index is -3.51. The normalized spacial score (nSPS) is 13.4. The summed E-state index contributed by atoms with van der Waals surface area (Å²) in [4.78, 5) is 4.40. The van der Waals surface area contributed by atoms with Crippen LogP contribution in [0.5, 0.6) is 0 Å². The van der Waals surface area contributed by atoms with Crippen molar-refractivity contribution in [3.8, 4) is 0 Å². The van der Waals surface area contributed by atoms with E-state index in [1.54, 1.807) is 25.4 Å². The van der Waals surface area contributed by atoms with Crippen LogP contribution in [0.4, 0.5) is 5.82 Å². The molecule has 0 bridgehead atoms. The lowest BCUT2D eigenvalue weighted by atomic mass is 10.2. The van der Waals surface area contributed by atoms with Crippen LogP contribution in [-0.4, -0.2) is 37.3 Å². The molecule has 6 heteroatoms. The largest absolute Gasteiger partial charge is 0.369 e. The third-order valence-electron chi connectivity index (χ3n) is 3.30. The molecule has 0 aromatic carbocycles. The van der Waals surface area contributed by atoms with Crippen molar-refractivity contribution < 1.29 is 8.42 Å². The molecule has 1 unspecified atom stereocenters. The summed E-state index contributed by atoms with van der Waals surface area (Å²) in [5.41, 5.74) is 0. The summed E-state index contributed by atoms with van der Waals surface area (Å²) < 4.78 is 26.8. The molecule has 1 N–H and O–H groups in total.